The number of thiazole rings is 1. The standard InChI is InChI=1S/C22H19N3O3S/c1-27-13-18-11-15(8-9-20(18)28-2)10-17(12-23)21(26)25-22-24-19(14-29-22)16-6-4-3-5-7-16/h3-11,14H,13H2,1-2H3,(H,24,25,26)/b17-10+. The molecule has 0 fully saturated rings. The van der Waals surface area contributed by atoms with Crippen LogP contribution in [0.25, 0.3) is 17.3 Å². The molecule has 6 nitrogen and oxygen atoms in total. The minimum absolute atomic E-state index is 0.0185. The monoisotopic (exact) mass is 405 g/mol. The molecule has 0 atom stereocenters. The van der Waals surface area contributed by atoms with E-state index in [1.807, 2.05) is 47.8 Å². The molecule has 1 N–H and O–H groups in total. The zero-order valence-electron chi connectivity index (χ0n) is 16.0. The Bertz CT molecular complexity index is 1070. The van der Waals surface area contributed by atoms with E-state index in [1.165, 1.54) is 17.4 Å². The summed E-state index contributed by atoms with van der Waals surface area (Å²) in [5.74, 6) is 0.175. The number of anilines is 1. The number of ether oxygens (including phenoxy) is 2. The molecular weight excluding hydrogens is 386 g/mol. The number of nitrogens with zero attached hydrogens (tertiary/aromatic N) is 2. The molecule has 29 heavy (non-hydrogen) atoms. The molecule has 1 heterocycles. The summed E-state index contributed by atoms with van der Waals surface area (Å²) in [6.07, 6.45) is 1.53. The van der Waals surface area contributed by atoms with Crippen molar-refractivity contribution in [2.24, 2.45) is 0 Å². The van der Waals surface area contributed by atoms with Gasteiger partial charge >= 0.3 is 0 Å². The summed E-state index contributed by atoms with van der Waals surface area (Å²) in [7, 11) is 3.17. The smallest absolute Gasteiger partial charge is 0.268 e. The van der Waals surface area contributed by atoms with Gasteiger partial charge in [0.25, 0.3) is 5.91 Å². The van der Waals surface area contributed by atoms with Crippen molar-refractivity contribution >= 4 is 28.5 Å². The molecule has 0 aliphatic carbocycles. The summed E-state index contributed by atoms with van der Waals surface area (Å²) >= 11 is 1.31. The van der Waals surface area contributed by atoms with Crippen LogP contribution < -0.4 is 10.1 Å². The van der Waals surface area contributed by atoms with Gasteiger partial charge in [0.2, 0.25) is 0 Å². The van der Waals surface area contributed by atoms with Crippen LogP contribution in [0, 0.1) is 11.3 Å². The number of benzene rings is 2. The Morgan fingerprint density at radius 3 is 2.72 bits per heavy atom. The third kappa shape index (κ3) is 5.08. The minimum atomic E-state index is -0.509. The number of hydrogen-bond acceptors (Lipinski definition) is 6. The fourth-order valence-corrected chi connectivity index (χ4v) is 3.42. The molecule has 3 aromatic rings. The third-order valence-electron chi connectivity index (χ3n) is 4.07. The van der Waals surface area contributed by atoms with E-state index in [9.17, 15) is 10.1 Å². The first kappa shape index (κ1) is 20.3. The van der Waals surface area contributed by atoms with Crippen LogP contribution in [0.15, 0.2) is 59.5 Å². The highest BCUT2D eigenvalue weighted by Gasteiger charge is 2.13. The number of aromatic nitrogens is 1. The van der Waals surface area contributed by atoms with Crippen LogP contribution in [0.1, 0.15) is 11.1 Å². The van der Waals surface area contributed by atoms with Gasteiger partial charge in [0.05, 0.1) is 19.4 Å². The predicted octanol–water partition coefficient (Wildman–Crippen LogP) is 4.51. The van der Waals surface area contributed by atoms with Crippen LogP contribution in [0.4, 0.5) is 5.13 Å². The zero-order chi connectivity index (χ0) is 20.6. The minimum Gasteiger partial charge on any atom is -0.496 e. The lowest BCUT2D eigenvalue weighted by molar-refractivity contribution is -0.112. The second-order valence-corrected chi connectivity index (χ2v) is 6.89. The first-order valence-corrected chi connectivity index (χ1v) is 9.62. The van der Waals surface area contributed by atoms with E-state index in [2.05, 4.69) is 10.3 Å². The fraction of sp³-hybridized carbons (Fsp3) is 0.136. The highest BCUT2D eigenvalue weighted by atomic mass is 32.1. The summed E-state index contributed by atoms with van der Waals surface area (Å²) in [6.45, 7) is 0.361. The molecule has 0 aliphatic rings. The lowest BCUT2D eigenvalue weighted by Crippen LogP contribution is -2.13. The van der Waals surface area contributed by atoms with Crippen molar-refractivity contribution in [2.75, 3.05) is 19.5 Å². The number of carbonyl (C=O) groups excluding carboxylic acids is 1. The topological polar surface area (TPSA) is 84.2 Å². The molecule has 0 unspecified atom stereocenters. The maximum atomic E-state index is 12.5. The second-order valence-electron chi connectivity index (χ2n) is 6.03. The van der Waals surface area contributed by atoms with Gasteiger partial charge < -0.3 is 9.47 Å². The van der Waals surface area contributed by atoms with E-state index in [1.54, 1.807) is 26.4 Å². The lowest BCUT2D eigenvalue weighted by atomic mass is 10.1. The summed E-state index contributed by atoms with van der Waals surface area (Å²) < 4.78 is 10.5. The van der Waals surface area contributed by atoms with Crippen molar-refractivity contribution in [1.82, 2.24) is 4.98 Å². The Hall–Kier alpha value is -3.47. The summed E-state index contributed by atoms with van der Waals surface area (Å²) in [4.78, 5) is 17.0. The molecule has 0 radical (unpaired) electrons. The number of amides is 1. The van der Waals surface area contributed by atoms with Crippen molar-refractivity contribution in [3.63, 3.8) is 0 Å². The number of nitriles is 1. The van der Waals surface area contributed by atoms with Crippen molar-refractivity contribution < 1.29 is 14.3 Å². The molecule has 0 spiro atoms. The number of hydrogen-bond donors (Lipinski definition) is 1. The van der Waals surface area contributed by atoms with Crippen molar-refractivity contribution in [3.8, 4) is 23.1 Å². The summed E-state index contributed by atoms with van der Waals surface area (Å²) in [6, 6.07) is 17.0. The largest absolute Gasteiger partial charge is 0.496 e. The van der Waals surface area contributed by atoms with Gasteiger partial charge in [0.1, 0.15) is 17.4 Å². The molecule has 1 aromatic heterocycles. The Morgan fingerprint density at radius 2 is 2.03 bits per heavy atom. The molecule has 2 aromatic carbocycles. The second kappa shape index (κ2) is 9.64. The summed E-state index contributed by atoms with van der Waals surface area (Å²) in [5, 5.41) is 14.4. The fourth-order valence-electron chi connectivity index (χ4n) is 2.71. The van der Waals surface area contributed by atoms with E-state index in [4.69, 9.17) is 9.47 Å². The lowest BCUT2D eigenvalue weighted by Gasteiger charge is -2.08. The average Bonchev–Trinajstić information content (AvgIpc) is 3.21. The molecule has 7 heteroatoms. The van der Waals surface area contributed by atoms with Gasteiger partial charge in [0, 0.05) is 23.6 Å². The molecule has 3 rings (SSSR count). The van der Waals surface area contributed by atoms with Gasteiger partial charge in [-0.3, -0.25) is 10.1 Å². The Labute approximate surface area is 173 Å². The van der Waals surface area contributed by atoms with Gasteiger partial charge in [0.15, 0.2) is 5.13 Å². The van der Waals surface area contributed by atoms with E-state index in [0.717, 1.165) is 16.8 Å². The van der Waals surface area contributed by atoms with Gasteiger partial charge in [-0.25, -0.2) is 4.98 Å². The molecule has 0 bridgehead atoms. The molecular formula is C22H19N3O3S. The average molecular weight is 405 g/mol. The Balaban J connectivity index is 1.78. The molecule has 146 valence electrons. The van der Waals surface area contributed by atoms with Crippen LogP contribution in [-0.4, -0.2) is 25.1 Å². The van der Waals surface area contributed by atoms with Crippen LogP contribution in [0.2, 0.25) is 0 Å². The van der Waals surface area contributed by atoms with Gasteiger partial charge in [-0.15, -0.1) is 11.3 Å². The van der Waals surface area contributed by atoms with Crippen molar-refractivity contribution in [2.45, 2.75) is 6.61 Å². The highest BCUT2D eigenvalue weighted by Crippen LogP contribution is 2.25. The molecule has 0 saturated heterocycles. The maximum Gasteiger partial charge on any atom is 0.268 e. The maximum absolute atomic E-state index is 12.5. The molecule has 1 amide bonds. The quantitative estimate of drug-likeness (QED) is 0.462. The van der Waals surface area contributed by atoms with E-state index in [0.29, 0.717) is 23.1 Å². The van der Waals surface area contributed by atoms with Crippen molar-refractivity contribution in [1.29, 1.82) is 5.26 Å². The van der Waals surface area contributed by atoms with Gasteiger partial charge in [-0.1, -0.05) is 36.4 Å². The van der Waals surface area contributed by atoms with Gasteiger partial charge in [-0.05, 0) is 23.8 Å². The first-order chi connectivity index (χ1) is 14.1. The molecule has 0 aliphatic heterocycles. The number of rotatable bonds is 7. The normalized spacial score (nSPS) is 11.0. The molecule has 0 saturated carbocycles. The zero-order valence-corrected chi connectivity index (χ0v) is 16.8. The van der Waals surface area contributed by atoms with E-state index in [-0.39, 0.29) is 5.57 Å². The van der Waals surface area contributed by atoms with Crippen LogP contribution >= 0.6 is 11.3 Å². The third-order valence-corrected chi connectivity index (χ3v) is 4.83. The number of methoxy groups -OCH3 is 2. The van der Waals surface area contributed by atoms with E-state index < -0.39 is 5.91 Å². The van der Waals surface area contributed by atoms with Crippen LogP contribution in [0.5, 0.6) is 5.75 Å². The Morgan fingerprint density at radius 1 is 1.24 bits per heavy atom. The van der Waals surface area contributed by atoms with Gasteiger partial charge in [-0.2, -0.15) is 5.26 Å². The first-order valence-electron chi connectivity index (χ1n) is 8.74. The van der Waals surface area contributed by atoms with Crippen LogP contribution in [0.3, 0.4) is 0 Å². The number of nitrogens with one attached hydrogen (secondary N) is 1. The van der Waals surface area contributed by atoms with Crippen molar-refractivity contribution in [3.05, 3.63) is 70.6 Å². The summed E-state index contributed by atoms with van der Waals surface area (Å²) in [5.41, 5.74) is 3.24. The Kier molecular flexibility index (Phi) is 6.74. The predicted molar refractivity (Wildman–Crippen MR) is 113 cm³/mol. The van der Waals surface area contributed by atoms with Crippen LogP contribution in [-0.2, 0) is 16.1 Å². The van der Waals surface area contributed by atoms with E-state index >= 15 is 0 Å². The SMILES string of the molecule is COCc1cc(/C=C(\C#N)C(=O)Nc2nc(-c3ccccc3)cs2)ccc1OC. The highest BCUT2D eigenvalue weighted by molar-refractivity contribution is 7.14. The number of carbonyl (C=O) groups is 1.